The van der Waals surface area contributed by atoms with Crippen LogP contribution in [0.5, 0.6) is 0 Å². The second-order valence-corrected chi connectivity index (χ2v) is 15.3. The Bertz CT molecular complexity index is 693. The molecular weight excluding hydrogens is 440 g/mol. The molecule has 3 aromatic rings. The number of rotatable bonds is 4. The van der Waals surface area contributed by atoms with E-state index >= 15 is 0 Å². The second kappa shape index (κ2) is 7.85. The van der Waals surface area contributed by atoms with Crippen LogP contribution in [0.15, 0.2) is 84.9 Å². The van der Waals surface area contributed by atoms with E-state index in [1.54, 1.807) is 0 Å². The van der Waals surface area contributed by atoms with Crippen molar-refractivity contribution < 1.29 is 0 Å². The van der Waals surface area contributed by atoms with Gasteiger partial charge in [-0.3, -0.25) is 0 Å². The first-order valence-electron chi connectivity index (χ1n) is 6.88. The first-order chi connectivity index (χ1) is 10.8. The van der Waals surface area contributed by atoms with E-state index in [9.17, 15) is 0 Å². The van der Waals surface area contributed by atoms with Gasteiger partial charge in [-0.1, -0.05) is 0 Å². The van der Waals surface area contributed by atoms with Crippen molar-refractivity contribution in [3.8, 4) is 0 Å². The summed E-state index contributed by atoms with van der Waals surface area (Å²) in [6, 6.07) is 29.6. The predicted octanol–water partition coefficient (Wildman–Crippen LogP) is 3.62. The normalized spacial score (nSPS) is 11.1. The summed E-state index contributed by atoms with van der Waals surface area (Å²) in [5, 5.41) is 3.95. The molecule has 0 heterocycles. The summed E-state index contributed by atoms with van der Waals surface area (Å²) < 4.78 is 1.17. The molecule has 0 nitrogen and oxygen atoms in total. The van der Waals surface area contributed by atoms with Crippen LogP contribution in [0.1, 0.15) is 0 Å². The minimum absolute atomic E-state index is 0.622. The van der Waals surface area contributed by atoms with Crippen molar-refractivity contribution in [1.29, 1.82) is 0 Å². The monoisotopic (exact) mass is 452 g/mol. The molecule has 0 saturated heterocycles. The molecule has 4 heteroatoms. The molecular formula is C18H14Cl2PSb. The van der Waals surface area contributed by atoms with E-state index in [0.717, 1.165) is 0 Å². The van der Waals surface area contributed by atoms with Crippen molar-refractivity contribution in [1.82, 2.24) is 0 Å². The van der Waals surface area contributed by atoms with Crippen LogP contribution in [0.2, 0.25) is 0 Å². The molecule has 0 N–H and O–H groups in total. The molecule has 22 heavy (non-hydrogen) atoms. The Labute approximate surface area is 147 Å². The summed E-state index contributed by atoms with van der Waals surface area (Å²) in [4.78, 5) is 0. The Morgan fingerprint density at radius 2 is 1.05 bits per heavy atom. The fraction of sp³-hybridized carbons (Fsp3) is 0. The molecule has 0 fully saturated rings. The van der Waals surface area contributed by atoms with Gasteiger partial charge in [-0.05, 0) is 0 Å². The van der Waals surface area contributed by atoms with E-state index in [1.165, 1.54) is 19.4 Å². The maximum absolute atomic E-state index is 6.39. The van der Waals surface area contributed by atoms with E-state index in [2.05, 4.69) is 78.9 Å². The molecule has 0 aliphatic rings. The van der Waals surface area contributed by atoms with Gasteiger partial charge < -0.3 is 0 Å². The third kappa shape index (κ3) is 3.69. The van der Waals surface area contributed by atoms with E-state index in [-0.39, 0.29) is 0 Å². The molecule has 0 aliphatic heterocycles. The van der Waals surface area contributed by atoms with Crippen LogP contribution in [-0.2, 0) is 0 Å². The molecule has 0 radical (unpaired) electrons. The van der Waals surface area contributed by atoms with Crippen LogP contribution in [-0.4, -0.2) is 17.9 Å². The molecule has 3 aromatic carbocycles. The van der Waals surface area contributed by atoms with Crippen molar-refractivity contribution in [2.24, 2.45) is 0 Å². The Balaban J connectivity index is 2.19. The average molecular weight is 454 g/mol. The molecule has 0 bridgehead atoms. The number of benzene rings is 3. The Morgan fingerprint density at radius 3 is 1.55 bits per heavy atom. The van der Waals surface area contributed by atoms with Crippen molar-refractivity contribution in [3.63, 3.8) is 0 Å². The molecule has 0 saturated carbocycles. The number of halogens is 2. The molecule has 110 valence electrons. The molecule has 0 spiro atoms. The van der Waals surface area contributed by atoms with Crippen molar-refractivity contribution >= 4 is 62.9 Å². The third-order valence-corrected chi connectivity index (χ3v) is 11.0. The zero-order valence-corrected chi connectivity index (χ0v) is 16.7. The van der Waals surface area contributed by atoms with E-state index in [4.69, 9.17) is 17.7 Å². The van der Waals surface area contributed by atoms with Crippen LogP contribution in [0.3, 0.4) is 0 Å². The van der Waals surface area contributed by atoms with Crippen molar-refractivity contribution in [2.75, 3.05) is 0 Å². The third-order valence-electron chi connectivity index (χ3n) is 3.33. The summed E-state index contributed by atoms with van der Waals surface area (Å²) in [7, 11) is 12.2. The Hall–Kier alpha value is -0.512. The van der Waals surface area contributed by atoms with Gasteiger partial charge in [0.05, 0.1) is 0 Å². The van der Waals surface area contributed by atoms with E-state index < -0.39 is 25.8 Å². The van der Waals surface area contributed by atoms with Crippen molar-refractivity contribution in [2.45, 2.75) is 0 Å². The topological polar surface area (TPSA) is 0 Å². The van der Waals surface area contributed by atoms with Gasteiger partial charge >= 0.3 is 148 Å². The number of hydrogen-bond acceptors (Lipinski definition) is 0. The van der Waals surface area contributed by atoms with Gasteiger partial charge in [0.15, 0.2) is 0 Å². The first kappa shape index (κ1) is 16.3. The molecule has 0 amide bonds. The number of hydrogen-bond donors (Lipinski definition) is 0. The molecule has 3 rings (SSSR count). The molecule has 0 aromatic heterocycles. The summed E-state index contributed by atoms with van der Waals surface area (Å²) in [6.07, 6.45) is 0. The van der Waals surface area contributed by atoms with Crippen LogP contribution in [0.4, 0.5) is 0 Å². The Kier molecular flexibility index (Phi) is 5.83. The zero-order chi connectivity index (χ0) is 15.4. The van der Waals surface area contributed by atoms with Gasteiger partial charge in [0.2, 0.25) is 0 Å². The van der Waals surface area contributed by atoms with Crippen LogP contribution < -0.4 is 19.4 Å². The predicted molar refractivity (Wildman–Crippen MR) is 102 cm³/mol. The summed E-state index contributed by atoms with van der Waals surface area (Å²) in [6.45, 7) is 0. The fourth-order valence-corrected chi connectivity index (χ4v) is 10.3. The fourth-order valence-electron chi connectivity index (χ4n) is 2.38. The van der Waals surface area contributed by atoms with Crippen LogP contribution >= 0.6 is 25.6 Å². The summed E-state index contributed by atoms with van der Waals surface area (Å²) in [5.74, 6) is 0. The second-order valence-electron chi connectivity index (χ2n) is 4.73. The van der Waals surface area contributed by atoms with Gasteiger partial charge in [-0.15, -0.1) is 0 Å². The van der Waals surface area contributed by atoms with E-state index in [0.29, 0.717) is 0 Å². The quantitative estimate of drug-likeness (QED) is 0.418. The molecule has 0 unspecified atom stereocenters. The molecule has 0 aliphatic carbocycles. The molecule has 0 atom stereocenters. The van der Waals surface area contributed by atoms with E-state index in [1.807, 2.05) is 6.07 Å². The summed E-state index contributed by atoms with van der Waals surface area (Å²) in [5.41, 5.74) is 0. The minimum atomic E-state index is -2.36. The van der Waals surface area contributed by atoms with Gasteiger partial charge in [0.1, 0.15) is 0 Å². The average Bonchev–Trinajstić information content (AvgIpc) is 2.57. The first-order valence-corrected chi connectivity index (χ1v) is 16.0. The Morgan fingerprint density at radius 1 is 0.591 bits per heavy atom. The van der Waals surface area contributed by atoms with Gasteiger partial charge in [0, 0.05) is 0 Å². The van der Waals surface area contributed by atoms with Crippen LogP contribution in [0, 0.1) is 0 Å². The van der Waals surface area contributed by atoms with Gasteiger partial charge in [0.25, 0.3) is 0 Å². The van der Waals surface area contributed by atoms with Gasteiger partial charge in [-0.25, -0.2) is 0 Å². The van der Waals surface area contributed by atoms with Crippen molar-refractivity contribution in [3.05, 3.63) is 84.9 Å². The summed E-state index contributed by atoms with van der Waals surface area (Å²) >= 11 is -2.36. The zero-order valence-electron chi connectivity index (χ0n) is 11.7. The maximum atomic E-state index is 6.39. The van der Waals surface area contributed by atoms with Gasteiger partial charge in [-0.2, -0.15) is 0 Å². The standard InChI is InChI=1S/C18H14P.2ClH.Sb/c1-4-10-16(11-5-1)19(17-12-6-2-7-13-17)18-14-8-3-9-15-18;;;/h1-14H;2*1H;/q;;;+2/p-2. The van der Waals surface area contributed by atoms with Crippen LogP contribution in [0.25, 0.3) is 0 Å². The SMILES string of the molecule is [Cl][Sb]([Cl])[c]1ccccc1P(c1ccccc1)c1ccccc1.